The number of aliphatic hydroxyl groups excluding tert-OH is 1. The molecule has 10 heteroatoms. The number of ether oxygens (including phenoxy) is 3. The molecule has 1 fully saturated rings. The number of anilines is 1. The zero-order valence-electron chi connectivity index (χ0n) is 24.2. The van der Waals surface area contributed by atoms with Gasteiger partial charge in [0.25, 0.3) is 0 Å². The summed E-state index contributed by atoms with van der Waals surface area (Å²) in [4.78, 5) is 14.1. The van der Waals surface area contributed by atoms with E-state index in [4.69, 9.17) is 30.6 Å². The Morgan fingerprint density at radius 2 is 1.64 bits per heavy atom. The number of hydrogen-bond donors (Lipinski definition) is 3. The van der Waals surface area contributed by atoms with Crippen molar-refractivity contribution in [2.45, 2.75) is 30.4 Å². The maximum atomic E-state index is 11.2. The summed E-state index contributed by atoms with van der Waals surface area (Å²) in [6.45, 7) is 5.85. The number of aliphatic hydroxyl groups is 2. The second-order valence-electron chi connectivity index (χ2n) is 10.3. The van der Waals surface area contributed by atoms with Crippen molar-refractivity contribution in [3.8, 4) is 24.0 Å². The Labute approximate surface area is 254 Å². The number of benzene rings is 3. The summed E-state index contributed by atoms with van der Waals surface area (Å²) < 4.78 is 18.6. The Kier molecular flexibility index (Phi) is 7.43. The fourth-order valence-electron chi connectivity index (χ4n) is 5.55. The molecule has 3 aromatic carbocycles. The lowest BCUT2D eigenvalue weighted by Gasteiger charge is -2.37. The summed E-state index contributed by atoms with van der Waals surface area (Å²) >= 11 is 0. The molecule has 0 spiro atoms. The second-order valence-corrected chi connectivity index (χ2v) is 10.3. The van der Waals surface area contributed by atoms with Gasteiger partial charge in [0.15, 0.2) is 17.3 Å². The molecule has 1 aliphatic heterocycles. The monoisotopic (exact) mass is 589 g/mol. The van der Waals surface area contributed by atoms with Crippen molar-refractivity contribution in [2.75, 3.05) is 19.0 Å². The fourth-order valence-corrected chi connectivity index (χ4v) is 5.55. The molecule has 0 unspecified atom stereocenters. The first-order valence-corrected chi connectivity index (χ1v) is 14.0. The van der Waals surface area contributed by atoms with Crippen LogP contribution >= 0.6 is 0 Å². The van der Waals surface area contributed by atoms with Gasteiger partial charge in [0.2, 0.25) is 23.7 Å². The first-order valence-electron chi connectivity index (χ1n) is 14.0. The van der Waals surface area contributed by atoms with Gasteiger partial charge in [-0.1, -0.05) is 85.3 Å². The maximum absolute atomic E-state index is 11.2. The highest BCUT2D eigenvalue weighted by atomic mass is 16.6. The van der Waals surface area contributed by atoms with Crippen molar-refractivity contribution in [3.05, 3.63) is 120 Å². The van der Waals surface area contributed by atoms with Crippen molar-refractivity contribution in [1.82, 2.24) is 19.5 Å². The van der Waals surface area contributed by atoms with E-state index in [-0.39, 0.29) is 23.2 Å². The number of nitrogens with one attached hydrogen (secondary N) is 1. The number of fused-ring (bicyclic) bond motifs is 1. The van der Waals surface area contributed by atoms with Crippen molar-refractivity contribution >= 4 is 17.1 Å². The van der Waals surface area contributed by atoms with Crippen LogP contribution in [0.2, 0.25) is 0 Å². The van der Waals surface area contributed by atoms with Gasteiger partial charge in [0, 0.05) is 0 Å². The lowest BCUT2D eigenvalue weighted by molar-refractivity contribution is -0.0630. The van der Waals surface area contributed by atoms with E-state index >= 15 is 0 Å². The van der Waals surface area contributed by atoms with E-state index in [2.05, 4.69) is 22.8 Å². The van der Waals surface area contributed by atoms with E-state index in [1.165, 1.54) is 10.9 Å². The van der Waals surface area contributed by atoms with Gasteiger partial charge in [-0.3, -0.25) is 4.57 Å². The van der Waals surface area contributed by atoms with Gasteiger partial charge in [-0.15, -0.1) is 6.42 Å². The first kappa shape index (κ1) is 28.7. The number of terminal acetylenes is 1. The highest BCUT2D eigenvalue weighted by molar-refractivity contribution is 5.78. The predicted molar refractivity (Wildman–Crippen MR) is 165 cm³/mol. The molecular formula is C34H31N5O5. The zero-order chi connectivity index (χ0) is 30.9. The molecule has 0 radical (unpaired) electrons. The van der Waals surface area contributed by atoms with E-state index in [0.29, 0.717) is 17.9 Å². The largest absolute Gasteiger partial charge is 0.497 e. The molecule has 0 saturated carbocycles. The van der Waals surface area contributed by atoms with Crippen LogP contribution in [0.1, 0.15) is 29.8 Å². The third-order valence-corrected chi connectivity index (χ3v) is 7.75. The Bertz CT molecular complexity index is 1800. The molecule has 0 amide bonds. The van der Waals surface area contributed by atoms with E-state index in [9.17, 15) is 10.2 Å². The van der Waals surface area contributed by atoms with Crippen molar-refractivity contribution in [1.29, 1.82) is 0 Å². The molecule has 1 aliphatic rings. The maximum Gasteiger partial charge on any atom is 0.247 e. The van der Waals surface area contributed by atoms with Gasteiger partial charge < -0.3 is 29.7 Å². The van der Waals surface area contributed by atoms with Crippen LogP contribution in [0.25, 0.3) is 11.2 Å². The van der Waals surface area contributed by atoms with Gasteiger partial charge in [0.05, 0.1) is 13.7 Å². The fraction of sp³-hybridized carbons (Fsp3) is 0.206. The highest BCUT2D eigenvalue weighted by Gasteiger charge is 2.54. The van der Waals surface area contributed by atoms with Crippen LogP contribution < -0.4 is 14.8 Å². The number of methoxy groups -OCH3 is 1. The number of hydrogen-bond acceptors (Lipinski definition) is 9. The van der Waals surface area contributed by atoms with Crippen LogP contribution in [-0.2, 0) is 10.3 Å². The normalized spacial score (nSPS) is 19.8. The van der Waals surface area contributed by atoms with E-state index in [1.54, 1.807) is 7.11 Å². The Morgan fingerprint density at radius 1 is 1.02 bits per heavy atom. The van der Waals surface area contributed by atoms with Gasteiger partial charge in [-0.25, -0.2) is 4.98 Å². The molecule has 222 valence electrons. The molecule has 10 nitrogen and oxygen atoms in total. The second kappa shape index (κ2) is 11.4. The molecule has 0 bridgehead atoms. The number of rotatable bonds is 9. The Hall–Kier alpha value is -5.37. The average molecular weight is 590 g/mol. The summed E-state index contributed by atoms with van der Waals surface area (Å²) in [5.74, 6) is 3.32. The zero-order valence-corrected chi connectivity index (χ0v) is 24.2. The van der Waals surface area contributed by atoms with Crippen molar-refractivity contribution in [2.24, 2.45) is 0 Å². The number of nitrogens with zero attached hydrogens (tertiary/aromatic N) is 4. The quantitative estimate of drug-likeness (QED) is 0.170. The van der Waals surface area contributed by atoms with E-state index in [0.717, 1.165) is 16.7 Å². The molecule has 1 saturated heterocycles. The Morgan fingerprint density at radius 3 is 2.20 bits per heavy atom. The van der Waals surface area contributed by atoms with Crippen LogP contribution in [0.4, 0.5) is 5.95 Å². The summed E-state index contributed by atoms with van der Waals surface area (Å²) in [5.41, 5.74) is 0.225. The first-order chi connectivity index (χ1) is 21.3. The van der Waals surface area contributed by atoms with Crippen LogP contribution in [0.5, 0.6) is 11.6 Å². The highest BCUT2D eigenvalue weighted by Crippen LogP contribution is 2.43. The van der Waals surface area contributed by atoms with Gasteiger partial charge in [-0.05, 0) is 35.7 Å². The molecule has 0 aliphatic carbocycles. The minimum Gasteiger partial charge on any atom is -0.497 e. The summed E-state index contributed by atoms with van der Waals surface area (Å²) in [5, 5.41) is 25.5. The minimum absolute atomic E-state index is 0.0681. The molecule has 3 N–H and O–H groups in total. The molecule has 6 rings (SSSR count). The SMILES string of the molecule is C#C[C@@]1(O)[C@H](O)C(=C)O[C@H]1n1cnc2c(OCC)nc(NC(c3ccccc3)(c3ccccc3)c3ccc(OC)cc3)nc21. The van der Waals surface area contributed by atoms with Crippen LogP contribution in [-0.4, -0.2) is 55.2 Å². The van der Waals surface area contributed by atoms with Gasteiger partial charge in [-0.2, -0.15) is 9.97 Å². The van der Waals surface area contributed by atoms with Gasteiger partial charge in [0.1, 0.15) is 23.4 Å². The molecule has 2 aromatic heterocycles. The molecule has 3 heterocycles. The lowest BCUT2D eigenvalue weighted by atomic mass is 9.77. The topological polar surface area (TPSA) is 124 Å². The summed E-state index contributed by atoms with van der Waals surface area (Å²) in [6.07, 6.45) is 4.31. The minimum atomic E-state index is -2.12. The number of aromatic nitrogens is 4. The third kappa shape index (κ3) is 4.59. The molecule has 3 atom stereocenters. The van der Waals surface area contributed by atoms with E-state index in [1.807, 2.05) is 91.9 Å². The molecule has 5 aromatic rings. The van der Waals surface area contributed by atoms with E-state index < -0.39 is 23.5 Å². The van der Waals surface area contributed by atoms with Crippen LogP contribution in [0.3, 0.4) is 0 Å². The van der Waals surface area contributed by atoms with Crippen molar-refractivity contribution < 1.29 is 24.4 Å². The Balaban J connectivity index is 1.59. The number of imidazole rings is 1. The van der Waals surface area contributed by atoms with Crippen LogP contribution in [0, 0.1) is 12.3 Å². The third-order valence-electron chi connectivity index (χ3n) is 7.75. The summed E-state index contributed by atoms with van der Waals surface area (Å²) in [6, 6.07) is 27.7. The average Bonchev–Trinajstić information content (AvgIpc) is 3.59. The van der Waals surface area contributed by atoms with Crippen molar-refractivity contribution in [3.63, 3.8) is 0 Å². The predicted octanol–water partition coefficient (Wildman–Crippen LogP) is 4.41. The standard InChI is InChI=1S/C34H31N5O5/c1-5-33(41)28(40)22(3)44-31(33)39-21-35-27-29(39)36-32(37-30(27)43-6-2)38-34(23-13-9-7-10-14-23,24-15-11-8-12-16-24)25-17-19-26(42-4)20-18-25/h1,7-21,28,31,40-41H,3,6H2,2,4H3,(H,36,37,38)/t28-,31-,33-/m1/s1. The lowest BCUT2D eigenvalue weighted by Crippen LogP contribution is -2.43. The van der Waals surface area contributed by atoms with Crippen LogP contribution in [0.15, 0.2) is 104 Å². The molecule has 44 heavy (non-hydrogen) atoms. The summed E-state index contributed by atoms with van der Waals surface area (Å²) in [7, 11) is 1.62. The smallest absolute Gasteiger partial charge is 0.247 e. The molecular weight excluding hydrogens is 558 g/mol. The van der Waals surface area contributed by atoms with Gasteiger partial charge >= 0.3 is 0 Å².